The zero-order valence-electron chi connectivity index (χ0n) is 11.4. The lowest BCUT2D eigenvalue weighted by Gasteiger charge is -2.04. The minimum Gasteiger partial charge on any atom is -0.350 e. The van der Waals surface area contributed by atoms with Crippen molar-refractivity contribution in [3.63, 3.8) is 0 Å². The Balaban J connectivity index is 1.83. The first-order valence-electron chi connectivity index (χ1n) is 6.25. The highest BCUT2D eigenvalue weighted by Gasteiger charge is 2.09. The van der Waals surface area contributed by atoms with Crippen LogP contribution in [0, 0.1) is 6.92 Å². The molecule has 19 heavy (non-hydrogen) atoms. The van der Waals surface area contributed by atoms with E-state index in [0.29, 0.717) is 18.7 Å². The molecule has 0 aromatic carbocycles. The fourth-order valence-corrected chi connectivity index (χ4v) is 1.63. The number of nitrogens with one attached hydrogen (secondary N) is 1. The Kier molecular flexibility index (Phi) is 3.94. The summed E-state index contributed by atoms with van der Waals surface area (Å²) < 4.78 is 3.46. The lowest BCUT2D eigenvalue weighted by Crippen LogP contribution is -2.27. The molecule has 2 aromatic rings. The molecular weight excluding hydrogens is 244 g/mol. The van der Waals surface area contributed by atoms with Crippen molar-refractivity contribution in [1.82, 2.24) is 30.1 Å². The summed E-state index contributed by atoms with van der Waals surface area (Å²) in [5.74, 6) is -0.122. The monoisotopic (exact) mass is 262 g/mol. The molecule has 0 aliphatic heterocycles. The first kappa shape index (κ1) is 13.3. The summed E-state index contributed by atoms with van der Waals surface area (Å²) >= 11 is 0. The number of aromatic nitrogens is 5. The van der Waals surface area contributed by atoms with Crippen molar-refractivity contribution in [1.29, 1.82) is 0 Å². The smallest absolute Gasteiger partial charge is 0.254 e. The van der Waals surface area contributed by atoms with Gasteiger partial charge in [-0.15, -0.1) is 5.10 Å². The molecule has 2 heterocycles. The Morgan fingerprint density at radius 2 is 2.21 bits per heavy atom. The van der Waals surface area contributed by atoms with Crippen LogP contribution in [0.15, 0.2) is 18.6 Å². The zero-order chi connectivity index (χ0) is 13.8. The summed E-state index contributed by atoms with van der Waals surface area (Å²) in [4.78, 5) is 11.9. The zero-order valence-corrected chi connectivity index (χ0v) is 11.4. The lowest BCUT2D eigenvalue weighted by molar-refractivity contribution is 0.0951. The van der Waals surface area contributed by atoms with Gasteiger partial charge in [-0.3, -0.25) is 14.2 Å². The summed E-state index contributed by atoms with van der Waals surface area (Å²) in [6.45, 7) is 7.02. The van der Waals surface area contributed by atoms with Crippen LogP contribution in [-0.4, -0.2) is 37.2 Å². The van der Waals surface area contributed by atoms with Gasteiger partial charge in [0.2, 0.25) is 0 Å². The Morgan fingerprint density at radius 3 is 2.79 bits per heavy atom. The molecule has 0 unspecified atom stereocenters. The van der Waals surface area contributed by atoms with Gasteiger partial charge in [-0.05, 0) is 20.8 Å². The van der Waals surface area contributed by atoms with Crippen LogP contribution in [0.5, 0.6) is 0 Å². The Bertz CT molecular complexity index is 556. The third kappa shape index (κ3) is 3.40. The Morgan fingerprint density at radius 1 is 1.42 bits per heavy atom. The van der Waals surface area contributed by atoms with Crippen molar-refractivity contribution in [2.24, 2.45) is 0 Å². The third-order valence-corrected chi connectivity index (χ3v) is 2.67. The SMILES string of the molecule is Cc1cn(CCNC(=O)c2cnn(C(C)C)c2)nn1. The van der Waals surface area contributed by atoms with Crippen molar-refractivity contribution in [2.75, 3.05) is 6.54 Å². The second-order valence-electron chi connectivity index (χ2n) is 4.68. The van der Waals surface area contributed by atoms with E-state index in [1.807, 2.05) is 27.0 Å². The van der Waals surface area contributed by atoms with Gasteiger partial charge < -0.3 is 5.32 Å². The summed E-state index contributed by atoms with van der Waals surface area (Å²) in [6, 6.07) is 0.250. The van der Waals surface area contributed by atoms with Gasteiger partial charge in [0.15, 0.2) is 0 Å². The summed E-state index contributed by atoms with van der Waals surface area (Å²) in [5, 5.41) is 14.8. The van der Waals surface area contributed by atoms with Gasteiger partial charge in [-0.2, -0.15) is 5.10 Å². The highest BCUT2D eigenvalue weighted by atomic mass is 16.1. The molecule has 0 atom stereocenters. The van der Waals surface area contributed by atoms with Crippen molar-refractivity contribution in [3.8, 4) is 0 Å². The minimum atomic E-state index is -0.122. The Hall–Kier alpha value is -2.18. The molecule has 102 valence electrons. The molecule has 2 rings (SSSR count). The second-order valence-corrected chi connectivity index (χ2v) is 4.68. The van der Waals surface area contributed by atoms with Gasteiger partial charge in [0.05, 0.1) is 24.0 Å². The minimum absolute atomic E-state index is 0.122. The quantitative estimate of drug-likeness (QED) is 0.864. The highest BCUT2D eigenvalue weighted by molar-refractivity contribution is 5.93. The topological polar surface area (TPSA) is 77.6 Å². The maximum Gasteiger partial charge on any atom is 0.254 e. The summed E-state index contributed by atoms with van der Waals surface area (Å²) in [7, 11) is 0. The molecule has 0 aliphatic carbocycles. The molecule has 0 spiro atoms. The number of rotatable bonds is 5. The molecule has 0 bridgehead atoms. The Labute approximate surface area is 111 Å². The fourth-order valence-electron chi connectivity index (χ4n) is 1.63. The van der Waals surface area contributed by atoms with Crippen LogP contribution in [0.1, 0.15) is 35.9 Å². The number of aryl methyl sites for hydroxylation is 1. The van der Waals surface area contributed by atoms with Crippen LogP contribution >= 0.6 is 0 Å². The van der Waals surface area contributed by atoms with Crippen molar-refractivity contribution in [3.05, 3.63) is 29.8 Å². The standard InChI is InChI=1S/C12H18N6O/c1-9(2)18-8-11(6-14-18)12(19)13-4-5-17-7-10(3)15-16-17/h6-9H,4-5H2,1-3H3,(H,13,19). The van der Waals surface area contributed by atoms with E-state index in [2.05, 4.69) is 20.7 Å². The van der Waals surface area contributed by atoms with Gasteiger partial charge in [-0.25, -0.2) is 0 Å². The van der Waals surface area contributed by atoms with E-state index < -0.39 is 0 Å². The predicted octanol–water partition coefficient (Wildman–Crippen LogP) is 0.794. The molecule has 0 fully saturated rings. The van der Waals surface area contributed by atoms with Crippen LogP contribution < -0.4 is 5.32 Å². The van der Waals surface area contributed by atoms with Crippen LogP contribution in [0.2, 0.25) is 0 Å². The average Bonchev–Trinajstić information content (AvgIpc) is 2.98. The molecule has 7 heteroatoms. The van der Waals surface area contributed by atoms with E-state index in [1.54, 1.807) is 21.8 Å². The normalized spacial score (nSPS) is 10.9. The molecule has 7 nitrogen and oxygen atoms in total. The van der Waals surface area contributed by atoms with E-state index in [-0.39, 0.29) is 11.9 Å². The first-order valence-corrected chi connectivity index (χ1v) is 6.25. The van der Waals surface area contributed by atoms with E-state index >= 15 is 0 Å². The largest absolute Gasteiger partial charge is 0.350 e. The van der Waals surface area contributed by atoms with Crippen molar-refractivity contribution in [2.45, 2.75) is 33.4 Å². The van der Waals surface area contributed by atoms with Crippen LogP contribution in [0.25, 0.3) is 0 Å². The number of amides is 1. The van der Waals surface area contributed by atoms with Crippen LogP contribution in [-0.2, 0) is 6.54 Å². The second kappa shape index (κ2) is 5.64. The maximum atomic E-state index is 11.9. The van der Waals surface area contributed by atoms with Crippen LogP contribution in [0.4, 0.5) is 0 Å². The summed E-state index contributed by atoms with van der Waals surface area (Å²) in [6.07, 6.45) is 5.16. The maximum absolute atomic E-state index is 11.9. The number of carbonyl (C=O) groups is 1. The van der Waals surface area contributed by atoms with Gasteiger partial charge in [0.1, 0.15) is 0 Å². The number of nitrogens with zero attached hydrogens (tertiary/aromatic N) is 5. The predicted molar refractivity (Wildman–Crippen MR) is 69.7 cm³/mol. The van der Waals surface area contributed by atoms with Gasteiger partial charge in [-0.1, -0.05) is 5.21 Å². The van der Waals surface area contributed by atoms with Gasteiger partial charge >= 0.3 is 0 Å². The van der Waals surface area contributed by atoms with E-state index in [0.717, 1.165) is 5.69 Å². The van der Waals surface area contributed by atoms with Gasteiger partial charge in [0, 0.05) is 25.0 Å². The molecule has 0 saturated heterocycles. The average molecular weight is 262 g/mol. The van der Waals surface area contributed by atoms with Crippen molar-refractivity contribution < 1.29 is 4.79 Å². The fraction of sp³-hybridized carbons (Fsp3) is 0.500. The molecule has 1 N–H and O–H groups in total. The highest BCUT2D eigenvalue weighted by Crippen LogP contribution is 2.04. The molecular formula is C12H18N6O. The molecule has 0 saturated carbocycles. The first-order chi connectivity index (χ1) is 9.06. The number of hydrogen-bond donors (Lipinski definition) is 1. The molecule has 0 radical (unpaired) electrons. The third-order valence-electron chi connectivity index (χ3n) is 2.67. The summed E-state index contributed by atoms with van der Waals surface area (Å²) in [5.41, 5.74) is 1.44. The molecule has 1 amide bonds. The van der Waals surface area contributed by atoms with E-state index in [9.17, 15) is 4.79 Å². The van der Waals surface area contributed by atoms with Gasteiger partial charge in [0.25, 0.3) is 5.91 Å². The number of hydrogen-bond acceptors (Lipinski definition) is 4. The molecule has 2 aromatic heterocycles. The van der Waals surface area contributed by atoms with E-state index in [1.165, 1.54) is 0 Å². The van der Waals surface area contributed by atoms with Crippen molar-refractivity contribution >= 4 is 5.91 Å². The van der Waals surface area contributed by atoms with E-state index in [4.69, 9.17) is 0 Å². The van der Waals surface area contributed by atoms with Crippen LogP contribution in [0.3, 0.4) is 0 Å². The lowest BCUT2D eigenvalue weighted by atomic mass is 10.3. The molecule has 0 aliphatic rings. The number of carbonyl (C=O) groups excluding carboxylic acids is 1.